The van der Waals surface area contributed by atoms with Gasteiger partial charge in [0.2, 0.25) is 11.8 Å². The number of amides is 2. The molecule has 0 saturated heterocycles. The molecule has 0 saturated carbocycles. The van der Waals surface area contributed by atoms with E-state index in [2.05, 4.69) is 5.32 Å². The van der Waals surface area contributed by atoms with Crippen molar-refractivity contribution in [2.24, 2.45) is 11.5 Å². The topological polar surface area (TPSA) is 118 Å². The average molecular weight is 175 g/mol. The second-order valence-corrected chi connectivity index (χ2v) is 2.47. The first-order valence-corrected chi connectivity index (χ1v) is 3.45. The summed E-state index contributed by atoms with van der Waals surface area (Å²) >= 11 is 0. The molecule has 0 spiro atoms. The number of aliphatic hydroxyl groups is 1. The average Bonchev–Trinajstić information content (AvgIpc) is 1.83. The van der Waals surface area contributed by atoms with Crippen molar-refractivity contribution in [1.29, 1.82) is 0 Å². The number of rotatable bonds is 5. The van der Waals surface area contributed by atoms with Crippen LogP contribution in [-0.4, -0.2) is 29.2 Å². The van der Waals surface area contributed by atoms with Crippen LogP contribution in [0.25, 0.3) is 0 Å². The Balaban J connectivity index is 4.04. The third-order valence-corrected chi connectivity index (χ3v) is 1.19. The van der Waals surface area contributed by atoms with E-state index < -0.39 is 24.1 Å². The molecule has 0 aromatic rings. The summed E-state index contributed by atoms with van der Waals surface area (Å²) in [7, 11) is 0. The molecular formula is C6H13N3O3. The molecule has 0 aliphatic carbocycles. The van der Waals surface area contributed by atoms with E-state index in [9.17, 15) is 9.59 Å². The highest BCUT2D eigenvalue weighted by molar-refractivity contribution is 5.86. The van der Waals surface area contributed by atoms with Gasteiger partial charge in [0.15, 0.2) is 0 Å². The maximum absolute atomic E-state index is 10.6. The number of primary amides is 2. The highest BCUT2D eigenvalue weighted by atomic mass is 16.3. The van der Waals surface area contributed by atoms with Crippen LogP contribution in [0.15, 0.2) is 0 Å². The zero-order valence-electron chi connectivity index (χ0n) is 6.78. The molecule has 6 N–H and O–H groups in total. The Morgan fingerprint density at radius 1 is 1.50 bits per heavy atom. The predicted octanol–water partition coefficient (Wildman–Crippen LogP) is -2.36. The van der Waals surface area contributed by atoms with Gasteiger partial charge in [0.25, 0.3) is 0 Å². The lowest BCUT2D eigenvalue weighted by atomic mass is 10.2. The first kappa shape index (κ1) is 10.9. The SMILES string of the molecule is CC(O)N[C@@H](CC(N)=O)C(N)=O. The van der Waals surface area contributed by atoms with Gasteiger partial charge in [-0.2, -0.15) is 0 Å². The van der Waals surface area contributed by atoms with Crippen LogP contribution in [0.5, 0.6) is 0 Å². The summed E-state index contributed by atoms with van der Waals surface area (Å²) in [6, 6.07) is -0.900. The molecule has 0 bridgehead atoms. The van der Waals surface area contributed by atoms with E-state index in [0.29, 0.717) is 0 Å². The highest BCUT2D eigenvalue weighted by Crippen LogP contribution is 1.91. The molecule has 0 fully saturated rings. The number of aliphatic hydroxyl groups excluding tert-OH is 1. The van der Waals surface area contributed by atoms with Gasteiger partial charge in [-0.25, -0.2) is 0 Å². The van der Waals surface area contributed by atoms with Crippen molar-refractivity contribution >= 4 is 11.8 Å². The molecule has 2 amide bonds. The van der Waals surface area contributed by atoms with Gasteiger partial charge in [-0.05, 0) is 6.92 Å². The van der Waals surface area contributed by atoms with Crippen LogP contribution in [0.2, 0.25) is 0 Å². The largest absolute Gasteiger partial charge is 0.379 e. The van der Waals surface area contributed by atoms with Gasteiger partial charge < -0.3 is 16.6 Å². The molecule has 0 aliphatic rings. The normalized spacial score (nSPS) is 15.2. The summed E-state index contributed by atoms with van der Waals surface area (Å²) in [4.78, 5) is 21.0. The predicted molar refractivity (Wildman–Crippen MR) is 41.6 cm³/mol. The molecule has 0 heterocycles. The molecular weight excluding hydrogens is 162 g/mol. The summed E-state index contributed by atoms with van der Waals surface area (Å²) in [6.45, 7) is 1.41. The Morgan fingerprint density at radius 3 is 2.25 bits per heavy atom. The molecule has 6 nitrogen and oxygen atoms in total. The second kappa shape index (κ2) is 4.68. The third kappa shape index (κ3) is 4.64. The zero-order valence-corrected chi connectivity index (χ0v) is 6.78. The van der Waals surface area contributed by atoms with Gasteiger partial charge in [0.05, 0.1) is 12.5 Å². The summed E-state index contributed by atoms with van der Waals surface area (Å²) in [5, 5.41) is 11.2. The van der Waals surface area contributed by atoms with Gasteiger partial charge in [-0.15, -0.1) is 0 Å². The smallest absolute Gasteiger partial charge is 0.235 e. The quantitative estimate of drug-likeness (QED) is 0.349. The third-order valence-electron chi connectivity index (χ3n) is 1.19. The van der Waals surface area contributed by atoms with Crippen LogP contribution in [0.1, 0.15) is 13.3 Å². The van der Waals surface area contributed by atoms with E-state index in [4.69, 9.17) is 16.6 Å². The summed E-state index contributed by atoms with van der Waals surface area (Å²) in [5.41, 5.74) is 9.75. The van der Waals surface area contributed by atoms with Crippen molar-refractivity contribution < 1.29 is 14.7 Å². The molecule has 0 rings (SSSR count). The summed E-state index contributed by atoms with van der Waals surface area (Å²) < 4.78 is 0. The van der Waals surface area contributed by atoms with Crippen LogP contribution >= 0.6 is 0 Å². The van der Waals surface area contributed by atoms with Gasteiger partial charge in [-0.3, -0.25) is 14.9 Å². The van der Waals surface area contributed by atoms with E-state index in [1.165, 1.54) is 6.92 Å². The number of nitrogens with one attached hydrogen (secondary N) is 1. The minimum absolute atomic E-state index is 0.208. The zero-order chi connectivity index (χ0) is 9.72. The van der Waals surface area contributed by atoms with Crippen molar-refractivity contribution in [3.8, 4) is 0 Å². The second-order valence-electron chi connectivity index (χ2n) is 2.47. The van der Waals surface area contributed by atoms with Gasteiger partial charge in [-0.1, -0.05) is 0 Å². The van der Waals surface area contributed by atoms with Crippen LogP contribution in [0.4, 0.5) is 0 Å². The molecule has 0 aromatic carbocycles. The first-order valence-electron chi connectivity index (χ1n) is 3.45. The van der Waals surface area contributed by atoms with Gasteiger partial charge >= 0.3 is 0 Å². The highest BCUT2D eigenvalue weighted by Gasteiger charge is 2.18. The summed E-state index contributed by atoms with van der Waals surface area (Å²) in [6.07, 6.45) is -1.11. The maximum atomic E-state index is 10.6. The van der Waals surface area contributed by atoms with E-state index in [1.807, 2.05) is 0 Å². The molecule has 0 aliphatic heterocycles. The van der Waals surface area contributed by atoms with Gasteiger partial charge in [0, 0.05) is 0 Å². The Hall–Kier alpha value is -1.14. The molecule has 2 atom stereocenters. The van der Waals surface area contributed by atoms with E-state index in [-0.39, 0.29) is 6.42 Å². The molecule has 6 heteroatoms. The Morgan fingerprint density at radius 2 is 2.00 bits per heavy atom. The van der Waals surface area contributed by atoms with Crippen molar-refractivity contribution in [2.45, 2.75) is 25.6 Å². The van der Waals surface area contributed by atoms with Crippen molar-refractivity contribution in [2.75, 3.05) is 0 Å². The number of hydrogen-bond donors (Lipinski definition) is 4. The van der Waals surface area contributed by atoms with Crippen molar-refractivity contribution in [3.63, 3.8) is 0 Å². The fourth-order valence-electron chi connectivity index (χ4n) is 0.734. The lowest BCUT2D eigenvalue weighted by molar-refractivity contribution is -0.125. The van der Waals surface area contributed by atoms with Gasteiger partial charge in [0.1, 0.15) is 6.23 Å². The number of hydrogen-bond acceptors (Lipinski definition) is 4. The molecule has 0 aromatic heterocycles. The molecule has 70 valence electrons. The van der Waals surface area contributed by atoms with E-state index in [1.54, 1.807) is 0 Å². The minimum Gasteiger partial charge on any atom is -0.379 e. The van der Waals surface area contributed by atoms with E-state index in [0.717, 1.165) is 0 Å². The fourth-order valence-corrected chi connectivity index (χ4v) is 0.734. The lowest BCUT2D eigenvalue weighted by Crippen LogP contribution is -2.47. The Kier molecular flexibility index (Phi) is 4.24. The first-order chi connectivity index (χ1) is 5.43. The number of nitrogens with two attached hydrogens (primary N) is 2. The molecule has 1 unspecified atom stereocenters. The van der Waals surface area contributed by atoms with Crippen molar-refractivity contribution in [1.82, 2.24) is 5.32 Å². The monoisotopic (exact) mass is 175 g/mol. The van der Waals surface area contributed by atoms with E-state index >= 15 is 0 Å². The van der Waals surface area contributed by atoms with Crippen molar-refractivity contribution in [3.05, 3.63) is 0 Å². The molecule has 0 radical (unpaired) electrons. The summed E-state index contributed by atoms with van der Waals surface area (Å²) in [5.74, 6) is -1.36. The number of carbonyl (C=O) groups excluding carboxylic acids is 2. The van der Waals surface area contributed by atoms with Crippen LogP contribution in [-0.2, 0) is 9.59 Å². The minimum atomic E-state index is -0.901. The van der Waals surface area contributed by atoms with Crippen LogP contribution in [0.3, 0.4) is 0 Å². The van der Waals surface area contributed by atoms with Crippen LogP contribution in [0, 0.1) is 0 Å². The van der Waals surface area contributed by atoms with Crippen LogP contribution < -0.4 is 16.8 Å². The lowest BCUT2D eigenvalue weighted by Gasteiger charge is -2.15. The fraction of sp³-hybridized carbons (Fsp3) is 0.667. The molecule has 12 heavy (non-hydrogen) atoms. The Labute approximate surface area is 69.9 Å². The standard InChI is InChI=1S/C6H13N3O3/c1-3(10)9-4(6(8)12)2-5(7)11/h3-4,9-10H,2H2,1H3,(H2,7,11)(H2,8,12)/t3?,4-/m0/s1. The Bertz CT molecular complexity index is 181. The maximum Gasteiger partial charge on any atom is 0.235 e. The number of carbonyl (C=O) groups is 2.